The second-order valence-electron chi connectivity index (χ2n) is 4.72. The molecule has 1 heterocycles. The van der Waals surface area contributed by atoms with Crippen LogP contribution in [-0.2, 0) is 22.5 Å². The van der Waals surface area contributed by atoms with E-state index in [-0.39, 0.29) is 12.0 Å². The minimum Gasteiger partial charge on any atom is -0.469 e. The number of anilines is 1. The normalized spacial score (nSPS) is 10.1. The Morgan fingerprint density at radius 3 is 2.74 bits per heavy atom. The molecule has 122 valence electrons. The summed E-state index contributed by atoms with van der Waals surface area (Å²) >= 11 is 1.30. The number of nitrogens with zero attached hydrogens (tertiary/aromatic N) is 2. The van der Waals surface area contributed by atoms with Gasteiger partial charge in [-0.2, -0.15) is 0 Å². The van der Waals surface area contributed by atoms with Crippen molar-refractivity contribution < 1.29 is 14.3 Å². The molecule has 0 atom stereocenters. The summed E-state index contributed by atoms with van der Waals surface area (Å²) in [6, 6.07) is 9.30. The standard InChI is InChI=1S/C15H18N4O3S/c1-22-13(20)9-5-8-12-18-19-15(23-12)17-14(21)16-10-11-6-3-2-4-7-11/h2-4,6-7H,5,8-10H2,1H3,(H2,16,17,19,21). The van der Waals surface area contributed by atoms with Gasteiger partial charge in [-0.05, 0) is 12.0 Å². The SMILES string of the molecule is COC(=O)CCCc1nnc(NC(=O)NCc2ccccc2)s1. The van der Waals surface area contributed by atoms with Gasteiger partial charge in [0.1, 0.15) is 5.01 Å². The van der Waals surface area contributed by atoms with Crippen molar-refractivity contribution in [3.8, 4) is 0 Å². The van der Waals surface area contributed by atoms with Crippen LogP contribution in [0.1, 0.15) is 23.4 Å². The fourth-order valence-corrected chi connectivity index (χ4v) is 2.59. The Hall–Kier alpha value is -2.48. The molecule has 2 rings (SSSR count). The quantitative estimate of drug-likeness (QED) is 0.758. The molecular weight excluding hydrogens is 316 g/mol. The largest absolute Gasteiger partial charge is 0.469 e. The number of aromatic nitrogens is 2. The van der Waals surface area contributed by atoms with Crippen molar-refractivity contribution in [3.05, 3.63) is 40.9 Å². The zero-order valence-electron chi connectivity index (χ0n) is 12.7. The number of benzene rings is 1. The molecule has 0 bridgehead atoms. The second kappa shape index (κ2) is 8.84. The second-order valence-corrected chi connectivity index (χ2v) is 5.79. The highest BCUT2D eigenvalue weighted by molar-refractivity contribution is 7.15. The van der Waals surface area contributed by atoms with E-state index in [1.807, 2.05) is 30.3 Å². The van der Waals surface area contributed by atoms with Crippen molar-refractivity contribution in [2.45, 2.75) is 25.8 Å². The van der Waals surface area contributed by atoms with E-state index in [1.54, 1.807) is 0 Å². The van der Waals surface area contributed by atoms with Crippen molar-refractivity contribution >= 4 is 28.5 Å². The lowest BCUT2D eigenvalue weighted by Crippen LogP contribution is -2.28. The summed E-state index contributed by atoms with van der Waals surface area (Å²) in [5, 5.41) is 14.5. The number of rotatable bonds is 7. The fourth-order valence-electron chi connectivity index (χ4n) is 1.81. The van der Waals surface area contributed by atoms with Gasteiger partial charge in [-0.1, -0.05) is 41.7 Å². The van der Waals surface area contributed by atoms with Crippen LogP contribution in [0.4, 0.5) is 9.93 Å². The van der Waals surface area contributed by atoms with E-state index in [0.29, 0.717) is 30.9 Å². The summed E-state index contributed by atoms with van der Waals surface area (Å²) in [5.41, 5.74) is 1.02. The third kappa shape index (κ3) is 6.03. The molecule has 1 aromatic carbocycles. The molecule has 1 aromatic heterocycles. The Bertz CT molecular complexity index is 645. The maximum absolute atomic E-state index is 11.8. The Labute approximate surface area is 138 Å². The first kappa shape index (κ1) is 16.9. The third-order valence-corrected chi connectivity index (χ3v) is 3.88. The van der Waals surface area contributed by atoms with Crippen LogP contribution in [0.2, 0.25) is 0 Å². The molecule has 0 saturated carbocycles. The average Bonchev–Trinajstić information content (AvgIpc) is 3.01. The van der Waals surface area contributed by atoms with Gasteiger partial charge >= 0.3 is 12.0 Å². The van der Waals surface area contributed by atoms with Crippen LogP contribution in [0.5, 0.6) is 0 Å². The predicted molar refractivity (Wildman–Crippen MR) is 87.2 cm³/mol. The Morgan fingerprint density at radius 2 is 2.00 bits per heavy atom. The first-order chi connectivity index (χ1) is 11.2. The topological polar surface area (TPSA) is 93.2 Å². The molecule has 0 fully saturated rings. The number of amides is 2. The fraction of sp³-hybridized carbons (Fsp3) is 0.333. The van der Waals surface area contributed by atoms with Gasteiger partial charge in [0.05, 0.1) is 7.11 Å². The number of esters is 1. The summed E-state index contributed by atoms with van der Waals surface area (Å²) in [6.45, 7) is 0.442. The molecule has 0 unspecified atom stereocenters. The van der Waals surface area contributed by atoms with Crippen molar-refractivity contribution in [3.63, 3.8) is 0 Å². The van der Waals surface area contributed by atoms with Crippen LogP contribution in [0.15, 0.2) is 30.3 Å². The summed E-state index contributed by atoms with van der Waals surface area (Å²) in [5.74, 6) is -0.242. The highest BCUT2D eigenvalue weighted by Crippen LogP contribution is 2.17. The van der Waals surface area contributed by atoms with Crippen LogP contribution in [-0.4, -0.2) is 29.3 Å². The van der Waals surface area contributed by atoms with Crippen LogP contribution in [0, 0.1) is 0 Å². The van der Waals surface area contributed by atoms with Gasteiger partial charge in [0.25, 0.3) is 0 Å². The zero-order valence-corrected chi connectivity index (χ0v) is 13.6. The lowest BCUT2D eigenvalue weighted by molar-refractivity contribution is -0.140. The van der Waals surface area contributed by atoms with E-state index in [0.717, 1.165) is 10.6 Å². The Kier molecular flexibility index (Phi) is 6.49. The molecule has 0 spiro atoms. The molecule has 0 aliphatic carbocycles. The van der Waals surface area contributed by atoms with E-state index in [2.05, 4.69) is 25.6 Å². The summed E-state index contributed by atoms with van der Waals surface area (Å²) in [7, 11) is 1.36. The smallest absolute Gasteiger partial charge is 0.321 e. The van der Waals surface area contributed by atoms with E-state index in [9.17, 15) is 9.59 Å². The van der Waals surface area contributed by atoms with Gasteiger partial charge in [0.2, 0.25) is 5.13 Å². The summed E-state index contributed by atoms with van der Waals surface area (Å²) in [6.07, 6.45) is 1.61. The minimum absolute atomic E-state index is 0.242. The highest BCUT2D eigenvalue weighted by atomic mass is 32.1. The number of hydrogen-bond acceptors (Lipinski definition) is 6. The average molecular weight is 334 g/mol. The van der Waals surface area contributed by atoms with Crippen LogP contribution in [0.3, 0.4) is 0 Å². The van der Waals surface area contributed by atoms with Gasteiger partial charge in [0, 0.05) is 19.4 Å². The number of hydrogen-bond donors (Lipinski definition) is 2. The third-order valence-electron chi connectivity index (χ3n) is 2.98. The Morgan fingerprint density at radius 1 is 1.22 bits per heavy atom. The zero-order chi connectivity index (χ0) is 16.5. The Balaban J connectivity index is 1.73. The van der Waals surface area contributed by atoms with Crippen molar-refractivity contribution in [2.24, 2.45) is 0 Å². The highest BCUT2D eigenvalue weighted by Gasteiger charge is 2.09. The number of carbonyl (C=O) groups excluding carboxylic acids is 2. The molecule has 23 heavy (non-hydrogen) atoms. The van der Waals surface area contributed by atoms with E-state index in [4.69, 9.17) is 0 Å². The van der Waals surface area contributed by atoms with E-state index >= 15 is 0 Å². The number of methoxy groups -OCH3 is 1. The van der Waals surface area contributed by atoms with Crippen molar-refractivity contribution in [1.82, 2.24) is 15.5 Å². The molecule has 0 aliphatic heterocycles. The van der Waals surface area contributed by atoms with Gasteiger partial charge < -0.3 is 10.1 Å². The first-order valence-corrected chi connectivity index (χ1v) is 7.97. The maximum Gasteiger partial charge on any atom is 0.321 e. The number of urea groups is 1. The molecule has 2 aromatic rings. The molecule has 0 saturated heterocycles. The number of nitrogens with one attached hydrogen (secondary N) is 2. The van der Waals surface area contributed by atoms with Crippen molar-refractivity contribution in [2.75, 3.05) is 12.4 Å². The van der Waals surface area contributed by atoms with E-state index < -0.39 is 0 Å². The van der Waals surface area contributed by atoms with E-state index in [1.165, 1.54) is 18.4 Å². The molecule has 8 heteroatoms. The van der Waals surface area contributed by atoms with Crippen LogP contribution in [0.25, 0.3) is 0 Å². The van der Waals surface area contributed by atoms with Crippen molar-refractivity contribution in [1.29, 1.82) is 0 Å². The number of aryl methyl sites for hydroxylation is 1. The number of ether oxygens (including phenoxy) is 1. The molecule has 2 N–H and O–H groups in total. The summed E-state index contributed by atoms with van der Waals surface area (Å²) < 4.78 is 4.57. The van der Waals surface area contributed by atoms with Gasteiger partial charge in [-0.25, -0.2) is 4.79 Å². The lowest BCUT2D eigenvalue weighted by Gasteiger charge is -2.04. The lowest BCUT2D eigenvalue weighted by atomic mass is 10.2. The molecular formula is C15H18N4O3S. The molecule has 0 aliphatic rings. The molecule has 2 amide bonds. The van der Waals surface area contributed by atoms with Crippen LogP contribution < -0.4 is 10.6 Å². The first-order valence-electron chi connectivity index (χ1n) is 7.15. The molecule has 7 nitrogen and oxygen atoms in total. The van der Waals surface area contributed by atoms with Crippen LogP contribution >= 0.6 is 11.3 Å². The minimum atomic E-state index is -0.328. The number of carbonyl (C=O) groups is 2. The predicted octanol–water partition coefficient (Wildman–Crippen LogP) is 2.36. The summed E-state index contributed by atoms with van der Waals surface area (Å²) in [4.78, 5) is 22.8. The monoisotopic (exact) mass is 334 g/mol. The maximum atomic E-state index is 11.8. The van der Waals surface area contributed by atoms with Gasteiger partial charge in [-0.15, -0.1) is 10.2 Å². The molecule has 0 radical (unpaired) electrons. The van der Waals surface area contributed by atoms with Gasteiger partial charge in [0.15, 0.2) is 0 Å². The van der Waals surface area contributed by atoms with Gasteiger partial charge in [-0.3, -0.25) is 10.1 Å².